The third-order valence-electron chi connectivity index (χ3n) is 4.28. The van der Waals surface area contributed by atoms with Gasteiger partial charge in [-0.15, -0.1) is 0 Å². The standard InChI is InChI=1S/C15H32N2/c1-6-9-17(12(2)3)11-13-10-15(4,5)8-7-14(13)16/h12-14H,6-11,16H2,1-5H3. The lowest BCUT2D eigenvalue weighted by Crippen LogP contribution is -2.46. The molecular formula is C15H32N2. The van der Waals surface area contributed by atoms with Crippen LogP contribution in [0.15, 0.2) is 0 Å². The van der Waals surface area contributed by atoms with Crippen LogP contribution in [0.1, 0.15) is 60.3 Å². The Morgan fingerprint density at radius 3 is 2.53 bits per heavy atom. The SMILES string of the molecule is CCCN(CC1CC(C)(C)CCC1N)C(C)C. The first-order valence-corrected chi connectivity index (χ1v) is 7.35. The smallest absolute Gasteiger partial charge is 0.00797 e. The van der Waals surface area contributed by atoms with Crippen molar-refractivity contribution >= 4 is 0 Å². The molecule has 0 radical (unpaired) electrons. The number of hydrogen-bond acceptors (Lipinski definition) is 2. The second-order valence-corrected chi connectivity index (χ2v) is 6.92. The summed E-state index contributed by atoms with van der Waals surface area (Å²) in [5, 5.41) is 0. The van der Waals surface area contributed by atoms with Crippen molar-refractivity contribution in [2.45, 2.75) is 72.4 Å². The minimum Gasteiger partial charge on any atom is -0.327 e. The molecule has 17 heavy (non-hydrogen) atoms. The van der Waals surface area contributed by atoms with E-state index in [0.717, 1.165) is 0 Å². The van der Waals surface area contributed by atoms with Crippen LogP contribution in [0.5, 0.6) is 0 Å². The van der Waals surface area contributed by atoms with Gasteiger partial charge in [0, 0.05) is 18.6 Å². The molecule has 0 saturated heterocycles. The van der Waals surface area contributed by atoms with Gasteiger partial charge in [0.15, 0.2) is 0 Å². The van der Waals surface area contributed by atoms with Crippen LogP contribution in [0.25, 0.3) is 0 Å². The molecule has 2 unspecified atom stereocenters. The van der Waals surface area contributed by atoms with Gasteiger partial charge in [0.25, 0.3) is 0 Å². The van der Waals surface area contributed by atoms with Gasteiger partial charge in [-0.25, -0.2) is 0 Å². The summed E-state index contributed by atoms with van der Waals surface area (Å²) in [5.41, 5.74) is 6.81. The fourth-order valence-corrected chi connectivity index (χ4v) is 3.10. The number of nitrogens with zero attached hydrogens (tertiary/aromatic N) is 1. The molecule has 0 heterocycles. The van der Waals surface area contributed by atoms with Crippen molar-refractivity contribution < 1.29 is 0 Å². The summed E-state index contributed by atoms with van der Waals surface area (Å²) in [6, 6.07) is 1.06. The fraction of sp³-hybridized carbons (Fsp3) is 1.00. The van der Waals surface area contributed by atoms with Crippen molar-refractivity contribution in [1.29, 1.82) is 0 Å². The Morgan fingerprint density at radius 2 is 2.00 bits per heavy atom. The van der Waals surface area contributed by atoms with Gasteiger partial charge in [-0.2, -0.15) is 0 Å². The van der Waals surface area contributed by atoms with Gasteiger partial charge in [-0.1, -0.05) is 20.8 Å². The molecule has 2 atom stereocenters. The van der Waals surface area contributed by atoms with Crippen LogP contribution in [0, 0.1) is 11.3 Å². The highest BCUT2D eigenvalue weighted by Gasteiger charge is 2.34. The van der Waals surface area contributed by atoms with Gasteiger partial charge in [-0.05, 0) is 57.4 Å². The van der Waals surface area contributed by atoms with E-state index in [1.165, 1.54) is 38.8 Å². The van der Waals surface area contributed by atoms with Gasteiger partial charge in [0.1, 0.15) is 0 Å². The lowest BCUT2D eigenvalue weighted by molar-refractivity contribution is 0.100. The van der Waals surface area contributed by atoms with Gasteiger partial charge in [-0.3, -0.25) is 0 Å². The highest BCUT2D eigenvalue weighted by Crippen LogP contribution is 2.38. The van der Waals surface area contributed by atoms with Crippen molar-refractivity contribution in [3.05, 3.63) is 0 Å². The molecule has 2 heteroatoms. The Labute approximate surface area is 108 Å². The van der Waals surface area contributed by atoms with Crippen molar-refractivity contribution in [3.63, 3.8) is 0 Å². The van der Waals surface area contributed by atoms with E-state index in [1.807, 2.05) is 0 Å². The molecule has 0 aliphatic heterocycles. The van der Waals surface area contributed by atoms with Crippen LogP contribution in [-0.4, -0.2) is 30.1 Å². The zero-order valence-electron chi connectivity index (χ0n) is 12.5. The topological polar surface area (TPSA) is 29.3 Å². The van der Waals surface area contributed by atoms with E-state index in [1.54, 1.807) is 0 Å². The third kappa shape index (κ3) is 4.59. The van der Waals surface area contributed by atoms with E-state index in [9.17, 15) is 0 Å². The molecule has 1 fully saturated rings. The average molecular weight is 240 g/mol. The Morgan fingerprint density at radius 1 is 1.35 bits per heavy atom. The molecule has 2 N–H and O–H groups in total. The van der Waals surface area contributed by atoms with Crippen LogP contribution in [0.2, 0.25) is 0 Å². The molecule has 0 aromatic carbocycles. The predicted molar refractivity (Wildman–Crippen MR) is 76.1 cm³/mol. The van der Waals surface area contributed by atoms with Crippen molar-refractivity contribution in [2.75, 3.05) is 13.1 Å². The molecule has 1 aliphatic carbocycles. The second-order valence-electron chi connectivity index (χ2n) is 6.92. The van der Waals surface area contributed by atoms with Gasteiger partial charge in [0.05, 0.1) is 0 Å². The van der Waals surface area contributed by atoms with Crippen LogP contribution in [0.4, 0.5) is 0 Å². The first-order valence-electron chi connectivity index (χ1n) is 7.35. The summed E-state index contributed by atoms with van der Waals surface area (Å²) >= 11 is 0. The van der Waals surface area contributed by atoms with Crippen molar-refractivity contribution in [2.24, 2.45) is 17.1 Å². The van der Waals surface area contributed by atoms with E-state index in [0.29, 0.717) is 23.4 Å². The minimum absolute atomic E-state index is 0.418. The summed E-state index contributed by atoms with van der Waals surface area (Å²) in [7, 11) is 0. The van der Waals surface area contributed by atoms with Crippen LogP contribution < -0.4 is 5.73 Å². The van der Waals surface area contributed by atoms with Gasteiger partial charge >= 0.3 is 0 Å². The maximum Gasteiger partial charge on any atom is 0.00797 e. The van der Waals surface area contributed by atoms with E-state index in [4.69, 9.17) is 5.73 Å². The summed E-state index contributed by atoms with van der Waals surface area (Å²) in [6.45, 7) is 14.1. The second kappa shape index (κ2) is 6.19. The molecule has 102 valence electrons. The van der Waals surface area contributed by atoms with Crippen LogP contribution >= 0.6 is 0 Å². The summed E-state index contributed by atoms with van der Waals surface area (Å²) in [5.74, 6) is 0.688. The zero-order valence-corrected chi connectivity index (χ0v) is 12.5. The van der Waals surface area contributed by atoms with E-state index >= 15 is 0 Å². The monoisotopic (exact) mass is 240 g/mol. The number of rotatable bonds is 5. The average Bonchev–Trinajstić information content (AvgIpc) is 2.22. The van der Waals surface area contributed by atoms with E-state index in [2.05, 4.69) is 39.5 Å². The van der Waals surface area contributed by atoms with Gasteiger partial charge < -0.3 is 10.6 Å². The first-order chi connectivity index (χ1) is 7.85. The summed E-state index contributed by atoms with van der Waals surface area (Å²) in [4.78, 5) is 2.60. The molecule has 0 aromatic heterocycles. The Kier molecular flexibility index (Phi) is 5.46. The summed E-state index contributed by atoms with van der Waals surface area (Å²) < 4.78 is 0. The molecule has 0 amide bonds. The highest BCUT2D eigenvalue weighted by atomic mass is 15.1. The lowest BCUT2D eigenvalue weighted by atomic mass is 9.70. The van der Waals surface area contributed by atoms with Crippen molar-refractivity contribution in [1.82, 2.24) is 4.90 Å². The molecule has 2 nitrogen and oxygen atoms in total. The van der Waals surface area contributed by atoms with E-state index in [-0.39, 0.29) is 0 Å². The predicted octanol–water partition coefficient (Wildman–Crippen LogP) is 3.26. The maximum absolute atomic E-state index is 6.32. The largest absolute Gasteiger partial charge is 0.327 e. The quantitative estimate of drug-likeness (QED) is 0.799. The Hall–Kier alpha value is -0.0800. The highest BCUT2D eigenvalue weighted by molar-refractivity contribution is 4.88. The molecule has 1 saturated carbocycles. The Bertz CT molecular complexity index is 223. The van der Waals surface area contributed by atoms with E-state index < -0.39 is 0 Å². The molecule has 0 aromatic rings. The minimum atomic E-state index is 0.418. The number of hydrogen-bond donors (Lipinski definition) is 1. The number of nitrogens with two attached hydrogens (primary N) is 1. The van der Waals surface area contributed by atoms with Gasteiger partial charge in [0.2, 0.25) is 0 Å². The lowest BCUT2D eigenvalue weighted by Gasteiger charge is -2.42. The molecular weight excluding hydrogens is 208 g/mol. The Balaban J connectivity index is 2.57. The zero-order chi connectivity index (χ0) is 13.1. The maximum atomic E-state index is 6.32. The molecule has 0 bridgehead atoms. The van der Waals surface area contributed by atoms with Crippen LogP contribution in [-0.2, 0) is 0 Å². The molecule has 1 aliphatic rings. The van der Waals surface area contributed by atoms with Crippen LogP contribution in [0.3, 0.4) is 0 Å². The molecule has 1 rings (SSSR count). The summed E-state index contributed by atoms with van der Waals surface area (Å²) in [6.07, 6.45) is 5.03. The first kappa shape index (κ1) is 15.0. The molecule has 0 spiro atoms. The normalized spacial score (nSPS) is 28.9. The van der Waals surface area contributed by atoms with Crippen molar-refractivity contribution in [3.8, 4) is 0 Å². The third-order valence-corrected chi connectivity index (χ3v) is 4.28. The fourth-order valence-electron chi connectivity index (χ4n) is 3.10.